The van der Waals surface area contributed by atoms with Crippen molar-refractivity contribution >= 4 is 22.7 Å². The van der Waals surface area contributed by atoms with Crippen LogP contribution < -0.4 is 19.5 Å². The Kier molecular flexibility index (Phi) is 4.04. The van der Waals surface area contributed by atoms with Gasteiger partial charge < -0.3 is 14.8 Å². The Morgan fingerprint density at radius 1 is 0.926 bits per heavy atom. The third-order valence-corrected chi connectivity index (χ3v) is 6.51. The summed E-state index contributed by atoms with van der Waals surface area (Å²) >= 11 is 0. The Labute approximate surface area is 159 Å². The van der Waals surface area contributed by atoms with Gasteiger partial charge in [-0.2, -0.15) is 0 Å². The number of aryl methyl sites for hydroxylation is 2. The van der Waals surface area contributed by atoms with Crippen LogP contribution in [0.15, 0.2) is 29.2 Å². The molecule has 2 aromatic carbocycles. The summed E-state index contributed by atoms with van der Waals surface area (Å²) in [5, 5.41) is 3.00. The summed E-state index contributed by atoms with van der Waals surface area (Å²) in [5.41, 5.74) is 6.14. The average Bonchev–Trinajstić information content (AvgIpc) is 3.40. The number of hydrogen-bond donors (Lipinski definition) is 2. The fourth-order valence-electron chi connectivity index (χ4n) is 4.24. The van der Waals surface area contributed by atoms with Gasteiger partial charge in [0, 0.05) is 11.8 Å². The lowest BCUT2D eigenvalue weighted by molar-refractivity contribution is 0.174. The zero-order chi connectivity index (χ0) is 18.4. The molecule has 1 aliphatic heterocycles. The van der Waals surface area contributed by atoms with Gasteiger partial charge in [-0.1, -0.05) is 6.07 Å². The number of fused-ring (bicyclic) bond motifs is 3. The molecule has 0 saturated carbocycles. The van der Waals surface area contributed by atoms with Crippen LogP contribution in [0.3, 0.4) is 0 Å². The monoisotopic (exact) mass is 384 g/mol. The maximum Gasteiger partial charge on any atom is 0.331 e. The number of urea groups is 1. The van der Waals surface area contributed by atoms with Crippen LogP contribution in [0.4, 0.5) is 10.5 Å². The first-order valence-corrected chi connectivity index (χ1v) is 10.4. The lowest BCUT2D eigenvalue weighted by atomic mass is 9.99. The Bertz CT molecular complexity index is 941. The molecule has 1 heterocycles. The van der Waals surface area contributed by atoms with Gasteiger partial charge in [0.1, 0.15) is 0 Å². The van der Waals surface area contributed by atoms with Crippen molar-refractivity contribution in [2.45, 2.75) is 43.4 Å². The second-order valence-electron chi connectivity index (χ2n) is 7.07. The zero-order valence-electron chi connectivity index (χ0n) is 14.8. The van der Waals surface area contributed by atoms with Gasteiger partial charge in [-0.15, -0.1) is 0 Å². The summed E-state index contributed by atoms with van der Waals surface area (Å²) in [6, 6.07) is 6.88. The van der Waals surface area contributed by atoms with Crippen molar-refractivity contribution in [1.29, 1.82) is 0 Å². The summed E-state index contributed by atoms with van der Waals surface area (Å²) in [7, 11) is -1.67. The predicted octanol–water partition coefficient (Wildman–Crippen LogP) is 3.24. The second-order valence-corrected chi connectivity index (χ2v) is 8.29. The first-order valence-electron chi connectivity index (χ1n) is 9.24. The molecule has 2 aliphatic carbocycles. The van der Waals surface area contributed by atoms with Crippen LogP contribution in [0.5, 0.6) is 11.5 Å². The lowest BCUT2D eigenvalue weighted by Gasteiger charge is -2.16. The smallest absolute Gasteiger partial charge is 0.331 e. The van der Waals surface area contributed by atoms with E-state index in [1.54, 1.807) is 18.2 Å². The molecule has 2 N–H and O–H groups in total. The number of nitrogens with one attached hydrogen (secondary N) is 2. The van der Waals surface area contributed by atoms with E-state index in [-0.39, 0.29) is 6.79 Å². The van der Waals surface area contributed by atoms with E-state index < -0.39 is 17.0 Å². The van der Waals surface area contributed by atoms with Gasteiger partial charge in [-0.05, 0) is 72.9 Å². The van der Waals surface area contributed by atoms with Gasteiger partial charge >= 0.3 is 6.03 Å². The van der Waals surface area contributed by atoms with Crippen molar-refractivity contribution in [3.8, 4) is 11.5 Å². The minimum absolute atomic E-state index is 0.156. The molecule has 2 aromatic rings. The van der Waals surface area contributed by atoms with Crippen LogP contribution in [-0.4, -0.2) is 17.0 Å². The molecule has 7 heteroatoms. The highest BCUT2D eigenvalue weighted by atomic mass is 32.2. The number of anilines is 1. The quantitative estimate of drug-likeness (QED) is 0.852. The minimum Gasteiger partial charge on any atom is -0.454 e. The lowest BCUT2D eigenvalue weighted by Crippen LogP contribution is -2.31. The molecule has 0 saturated heterocycles. The van der Waals surface area contributed by atoms with Crippen LogP contribution in [0.1, 0.15) is 35.1 Å². The van der Waals surface area contributed by atoms with E-state index in [2.05, 4.69) is 16.1 Å². The standard InChI is InChI=1S/C20H20N2O4S/c23-20(22-27(24)14-7-8-17-18(10-14)26-11-25-17)21-19-15-5-1-3-12(15)9-13-4-2-6-16(13)19/h7-10H,1-6,11H2,(H2,21,22,23). The summed E-state index contributed by atoms with van der Waals surface area (Å²) in [5.74, 6) is 1.16. The topological polar surface area (TPSA) is 76.7 Å². The highest BCUT2D eigenvalue weighted by Gasteiger charge is 2.25. The molecule has 2 amide bonds. The van der Waals surface area contributed by atoms with E-state index in [1.807, 2.05) is 0 Å². The number of carbonyl (C=O) groups excluding carboxylic acids is 1. The molecule has 5 rings (SSSR count). The third-order valence-electron chi connectivity index (χ3n) is 5.46. The molecule has 27 heavy (non-hydrogen) atoms. The molecule has 6 nitrogen and oxygen atoms in total. The Balaban J connectivity index is 1.35. The SMILES string of the molecule is O=C(Nc1c2c(cc3c1CCC3)CCC2)NS(=O)c1ccc2c(c1)OCO2. The largest absolute Gasteiger partial charge is 0.454 e. The van der Waals surface area contributed by atoms with Crippen LogP contribution in [0, 0.1) is 0 Å². The molecule has 0 spiro atoms. The van der Waals surface area contributed by atoms with Crippen molar-refractivity contribution in [2.24, 2.45) is 0 Å². The summed E-state index contributed by atoms with van der Waals surface area (Å²) in [6.45, 7) is 0.156. The highest BCUT2D eigenvalue weighted by Crippen LogP contribution is 2.38. The molecule has 0 aromatic heterocycles. The highest BCUT2D eigenvalue weighted by molar-refractivity contribution is 7.83. The van der Waals surface area contributed by atoms with Crippen molar-refractivity contribution < 1.29 is 18.5 Å². The number of benzene rings is 2. The van der Waals surface area contributed by atoms with E-state index in [0.29, 0.717) is 16.4 Å². The maximum absolute atomic E-state index is 12.6. The van der Waals surface area contributed by atoms with Gasteiger partial charge in [0.05, 0.1) is 4.90 Å². The predicted molar refractivity (Wildman–Crippen MR) is 102 cm³/mol. The molecule has 0 fully saturated rings. The van der Waals surface area contributed by atoms with Crippen LogP contribution in [-0.2, 0) is 36.7 Å². The van der Waals surface area contributed by atoms with Crippen molar-refractivity contribution in [3.63, 3.8) is 0 Å². The van der Waals surface area contributed by atoms with Gasteiger partial charge in [0.15, 0.2) is 22.5 Å². The molecular weight excluding hydrogens is 364 g/mol. The van der Waals surface area contributed by atoms with Gasteiger partial charge in [0.2, 0.25) is 6.79 Å². The number of carbonyl (C=O) groups is 1. The average molecular weight is 384 g/mol. The molecule has 0 bridgehead atoms. The Morgan fingerprint density at radius 2 is 1.63 bits per heavy atom. The fraction of sp³-hybridized carbons (Fsp3) is 0.350. The molecule has 140 valence electrons. The number of ether oxygens (including phenoxy) is 2. The van der Waals surface area contributed by atoms with Crippen LogP contribution in [0.25, 0.3) is 0 Å². The molecule has 0 radical (unpaired) electrons. The van der Waals surface area contributed by atoms with Crippen molar-refractivity contribution in [1.82, 2.24) is 4.72 Å². The van der Waals surface area contributed by atoms with Crippen molar-refractivity contribution in [2.75, 3.05) is 12.1 Å². The molecule has 1 atom stereocenters. The Morgan fingerprint density at radius 3 is 2.37 bits per heavy atom. The summed E-state index contributed by atoms with van der Waals surface area (Å²) in [6.07, 6.45) is 6.37. The molecular formula is C20H20N2O4S. The first-order chi connectivity index (χ1) is 13.2. The van der Waals surface area contributed by atoms with E-state index in [9.17, 15) is 9.00 Å². The van der Waals surface area contributed by atoms with E-state index >= 15 is 0 Å². The second kappa shape index (κ2) is 6.56. The minimum atomic E-state index is -1.67. The van der Waals surface area contributed by atoms with E-state index in [4.69, 9.17) is 9.47 Å². The Hall–Kier alpha value is -2.54. The third kappa shape index (κ3) is 2.96. The zero-order valence-corrected chi connectivity index (χ0v) is 15.6. The van der Waals surface area contributed by atoms with Crippen LogP contribution >= 0.6 is 0 Å². The number of amides is 2. The number of hydrogen-bond acceptors (Lipinski definition) is 4. The summed E-state index contributed by atoms with van der Waals surface area (Å²) in [4.78, 5) is 13.0. The molecule has 1 unspecified atom stereocenters. The normalized spacial score (nSPS) is 17.3. The van der Waals surface area contributed by atoms with E-state index in [1.165, 1.54) is 22.3 Å². The van der Waals surface area contributed by atoms with Gasteiger partial charge in [-0.25, -0.2) is 9.00 Å². The van der Waals surface area contributed by atoms with Gasteiger partial charge in [0.25, 0.3) is 0 Å². The van der Waals surface area contributed by atoms with E-state index in [0.717, 1.165) is 44.2 Å². The van der Waals surface area contributed by atoms with Crippen molar-refractivity contribution in [3.05, 3.63) is 46.5 Å². The fourth-order valence-corrected chi connectivity index (χ4v) is 4.98. The van der Waals surface area contributed by atoms with Crippen LogP contribution in [0.2, 0.25) is 0 Å². The first kappa shape index (κ1) is 16.6. The van der Waals surface area contributed by atoms with Gasteiger partial charge in [-0.3, -0.25) is 4.72 Å². The molecule has 3 aliphatic rings. The maximum atomic E-state index is 12.6. The number of rotatable bonds is 3. The summed E-state index contributed by atoms with van der Waals surface area (Å²) < 4.78 is 25.7.